The predicted molar refractivity (Wildman–Crippen MR) is 86.9 cm³/mol. The summed E-state index contributed by atoms with van der Waals surface area (Å²) in [7, 11) is 0. The molecule has 0 saturated carbocycles. The molecule has 0 atom stereocenters. The molecule has 1 nitrogen and oxygen atoms in total. The Bertz CT molecular complexity index is 498. The first-order valence-corrected chi connectivity index (χ1v) is 7.53. The lowest BCUT2D eigenvalue weighted by atomic mass is 10.1. The number of rotatable bonds is 2. The molecule has 0 bridgehead atoms. The Morgan fingerprint density at radius 2 is 1.45 bits per heavy atom. The molecule has 2 aromatic carbocycles. The van der Waals surface area contributed by atoms with Crippen molar-refractivity contribution in [1.29, 1.82) is 0 Å². The maximum absolute atomic E-state index is 2.54. The molecular formula is C19H25N. The quantitative estimate of drug-likeness (QED) is 0.769. The summed E-state index contributed by atoms with van der Waals surface area (Å²) in [6.45, 7) is 7.96. The highest BCUT2D eigenvalue weighted by atomic mass is 15.1. The van der Waals surface area contributed by atoms with E-state index >= 15 is 0 Å². The number of aryl methyl sites for hydroxylation is 2. The predicted octanol–water partition coefficient (Wildman–Crippen LogP) is 4.59. The highest BCUT2D eigenvalue weighted by molar-refractivity contribution is 5.22. The summed E-state index contributed by atoms with van der Waals surface area (Å²) in [4.78, 5) is 2.54. The van der Waals surface area contributed by atoms with Crippen molar-refractivity contribution in [3.05, 3.63) is 71.3 Å². The van der Waals surface area contributed by atoms with Crippen LogP contribution in [0.1, 0.15) is 29.5 Å². The Morgan fingerprint density at radius 1 is 0.800 bits per heavy atom. The van der Waals surface area contributed by atoms with Crippen LogP contribution in [-0.2, 0) is 6.54 Å². The Labute approximate surface area is 123 Å². The van der Waals surface area contributed by atoms with Gasteiger partial charge in [-0.15, -0.1) is 0 Å². The first-order chi connectivity index (χ1) is 9.74. The van der Waals surface area contributed by atoms with Gasteiger partial charge >= 0.3 is 0 Å². The lowest BCUT2D eigenvalue weighted by Gasteiger charge is -2.14. The van der Waals surface area contributed by atoms with Crippen LogP contribution in [0.25, 0.3) is 0 Å². The van der Waals surface area contributed by atoms with Crippen molar-refractivity contribution in [2.45, 2.75) is 33.2 Å². The number of likely N-dealkylation sites (tertiary alicyclic amines) is 1. The van der Waals surface area contributed by atoms with Crippen LogP contribution in [0.2, 0.25) is 0 Å². The Kier molecular flexibility index (Phi) is 5.82. The minimum absolute atomic E-state index is 1.14. The van der Waals surface area contributed by atoms with Crippen molar-refractivity contribution in [1.82, 2.24) is 4.90 Å². The molecule has 0 spiro atoms. The topological polar surface area (TPSA) is 3.24 Å². The summed E-state index contributed by atoms with van der Waals surface area (Å²) >= 11 is 0. The number of hydrogen-bond acceptors (Lipinski definition) is 1. The fourth-order valence-corrected chi connectivity index (χ4v) is 2.54. The summed E-state index contributed by atoms with van der Waals surface area (Å²) in [5.41, 5.74) is 4.15. The summed E-state index contributed by atoms with van der Waals surface area (Å²) in [5.74, 6) is 0. The molecule has 0 N–H and O–H groups in total. The lowest BCUT2D eigenvalue weighted by molar-refractivity contribution is 0.331. The van der Waals surface area contributed by atoms with Gasteiger partial charge in [0.1, 0.15) is 0 Å². The molecule has 0 unspecified atom stereocenters. The van der Waals surface area contributed by atoms with Gasteiger partial charge in [-0.25, -0.2) is 0 Å². The highest BCUT2D eigenvalue weighted by Gasteiger charge is 2.11. The molecule has 20 heavy (non-hydrogen) atoms. The zero-order valence-corrected chi connectivity index (χ0v) is 12.7. The van der Waals surface area contributed by atoms with Crippen LogP contribution in [0.5, 0.6) is 0 Å². The van der Waals surface area contributed by atoms with Crippen LogP contribution in [0, 0.1) is 13.8 Å². The molecule has 1 fully saturated rings. The molecule has 3 rings (SSSR count). The summed E-state index contributed by atoms with van der Waals surface area (Å²) in [5, 5.41) is 0. The summed E-state index contributed by atoms with van der Waals surface area (Å²) in [6.07, 6.45) is 2.76. The molecule has 1 heterocycles. The van der Waals surface area contributed by atoms with Crippen LogP contribution in [0.4, 0.5) is 0 Å². The molecule has 0 radical (unpaired) electrons. The fourth-order valence-electron chi connectivity index (χ4n) is 2.54. The van der Waals surface area contributed by atoms with Crippen molar-refractivity contribution in [2.24, 2.45) is 0 Å². The van der Waals surface area contributed by atoms with Crippen molar-refractivity contribution < 1.29 is 0 Å². The Morgan fingerprint density at radius 3 is 2.00 bits per heavy atom. The smallest absolute Gasteiger partial charge is 0.0233 e. The minimum Gasteiger partial charge on any atom is -0.299 e. The molecular weight excluding hydrogens is 242 g/mol. The monoisotopic (exact) mass is 267 g/mol. The van der Waals surface area contributed by atoms with E-state index in [1.165, 1.54) is 42.6 Å². The highest BCUT2D eigenvalue weighted by Crippen LogP contribution is 2.13. The van der Waals surface area contributed by atoms with E-state index in [0.717, 1.165) is 6.54 Å². The van der Waals surface area contributed by atoms with Gasteiger partial charge in [0, 0.05) is 6.54 Å². The number of benzene rings is 2. The van der Waals surface area contributed by atoms with E-state index < -0.39 is 0 Å². The van der Waals surface area contributed by atoms with Gasteiger partial charge in [-0.3, -0.25) is 4.90 Å². The zero-order valence-electron chi connectivity index (χ0n) is 12.7. The van der Waals surface area contributed by atoms with Gasteiger partial charge in [-0.05, 0) is 45.3 Å². The van der Waals surface area contributed by atoms with Crippen LogP contribution in [0.15, 0.2) is 54.6 Å². The van der Waals surface area contributed by atoms with Crippen LogP contribution in [-0.4, -0.2) is 18.0 Å². The van der Waals surface area contributed by atoms with Crippen LogP contribution >= 0.6 is 0 Å². The normalized spacial score (nSPS) is 14.7. The van der Waals surface area contributed by atoms with Gasteiger partial charge in [0.05, 0.1) is 0 Å². The maximum Gasteiger partial charge on any atom is 0.0233 e. The van der Waals surface area contributed by atoms with Gasteiger partial charge in [0.15, 0.2) is 0 Å². The standard InChI is InChI=1S/C12H17N.C7H8/c1-11-5-4-6-12(9-11)10-13-7-2-3-8-13;1-7-5-3-2-4-6-7/h4-6,9H,2-3,7-8,10H2,1H3;2-6H,1H3. The van der Waals surface area contributed by atoms with Crippen molar-refractivity contribution in [3.63, 3.8) is 0 Å². The van der Waals surface area contributed by atoms with E-state index in [-0.39, 0.29) is 0 Å². The Balaban J connectivity index is 0.000000178. The van der Waals surface area contributed by atoms with Crippen molar-refractivity contribution in [3.8, 4) is 0 Å². The van der Waals surface area contributed by atoms with Crippen LogP contribution < -0.4 is 0 Å². The zero-order chi connectivity index (χ0) is 14.2. The van der Waals surface area contributed by atoms with E-state index in [2.05, 4.69) is 55.1 Å². The van der Waals surface area contributed by atoms with Gasteiger partial charge < -0.3 is 0 Å². The fraction of sp³-hybridized carbons (Fsp3) is 0.368. The first kappa shape index (κ1) is 14.8. The van der Waals surface area contributed by atoms with E-state index in [0.29, 0.717) is 0 Å². The molecule has 0 aliphatic carbocycles. The third-order valence-electron chi connectivity index (χ3n) is 3.63. The molecule has 1 aliphatic heterocycles. The molecule has 2 aromatic rings. The van der Waals surface area contributed by atoms with Gasteiger partial charge in [0.2, 0.25) is 0 Å². The number of hydrogen-bond donors (Lipinski definition) is 0. The van der Waals surface area contributed by atoms with Gasteiger partial charge in [-0.2, -0.15) is 0 Å². The maximum atomic E-state index is 2.54. The third-order valence-corrected chi connectivity index (χ3v) is 3.63. The second-order valence-electron chi connectivity index (χ2n) is 5.63. The molecule has 0 amide bonds. The summed E-state index contributed by atoms with van der Waals surface area (Å²) in [6, 6.07) is 19.1. The van der Waals surface area contributed by atoms with Crippen molar-refractivity contribution in [2.75, 3.05) is 13.1 Å². The minimum atomic E-state index is 1.14. The van der Waals surface area contributed by atoms with E-state index in [9.17, 15) is 0 Å². The second-order valence-corrected chi connectivity index (χ2v) is 5.63. The van der Waals surface area contributed by atoms with Crippen molar-refractivity contribution >= 4 is 0 Å². The average molecular weight is 267 g/mol. The number of nitrogens with zero attached hydrogens (tertiary/aromatic N) is 1. The molecule has 1 heteroatoms. The molecule has 1 aliphatic rings. The van der Waals surface area contributed by atoms with Crippen LogP contribution in [0.3, 0.4) is 0 Å². The van der Waals surface area contributed by atoms with E-state index in [1.807, 2.05) is 18.2 Å². The largest absolute Gasteiger partial charge is 0.299 e. The lowest BCUT2D eigenvalue weighted by Crippen LogP contribution is -2.18. The molecule has 0 aromatic heterocycles. The first-order valence-electron chi connectivity index (χ1n) is 7.53. The SMILES string of the molecule is Cc1cccc(CN2CCCC2)c1.Cc1ccccc1. The van der Waals surface area contributed by atoms with Gasteiger partial charge in [0.25, 0.3) is 0 Å². The molecule has 106 valence electrons. The average Bonchev–Trinajstić information content (AvgIpc) is 2.93. The second kappa shape index (κ2) is 7.86. The molecule has 1 saturated heterocycles. The van der Waals surface area contributed by atoms with Gasteiger partial charge in [-0.1, -0.05) is 65.7 Å². The van der Waals surface area contributed by atoms with E-state index in [1.54, 1.807) is 0 Å². The Hall–Kier alpha value is -1.60. The van der Waals surface area contributed by atoms with E-state index in [4.69, 9.17) is 0 Å². The summed E-state index contributed by atoms with van der Waals surface area (Å²) < 4.78 is 0. The third kappa shape index (κ3) is 5.18.